The molecule has 0 atom stereocenters. The topological polar surface area (TPSA) is 68.5 Å². The molecule has 6 nitrogen and oxygen atoms in total. The van der Waals surface area contributed by atoms with E-state index in [9.17, 15) is 4.79 Å². The van der Waals surface area contributed by atoms with Crippen LogP contribution >= 0.6 is 0 Å². The maximum absolute atomic E-state index is 11.8. The minimum atomic E-state index is 0.0579. The minimum absolute atomic E-state index is 0.0579. The van der Waals surface area contributed by atoms with E-state index < -0.39 is 0 Å². The van der Waals surface area contributed by atoms with Crippen LogP contribution in [0.3, 0.4) is 0 Å². The van der Waals surface area contributed by atoms with Crippen molar-refractivity contribution < 1.29 is 9.53 Å². The third-order valence-electron chi connectivity index (χ3n) is 3.94. The normalized spacial score (nSPS) is 14.0. The zero-order chi connectivity index (χ0) is 15.8. The van der Waals surface area contributed by atoms with Gasteiger partial charge in [-0.05, 0) is 42.7 Å². The van der Waals surface area contributed by atoms with Gasteiger partial charge in [-0.3, -0.25) is 4.79 Å². The van der Waals surface area contributed by atoms with Crippen molar-refractivity contribution in [3.8, 4) is 17.0 Å². The molecule has 0 unspecified atom stereocenters. The molecule has 1 aliphatic rings. The second-order valence-electron chi connectivity index (χ2n) is 5.64. The quantitative estimate of drug-likeness (QED) is 0.804. The average Bonchev–Trinajstić information content (AvgIpc) is 3.35. The molecule has 0 radical (unpaired) electrons. The number of nitrogens with one attached hydrogen (secondary N) is 1. The van der Waals surface area contributed by atoms with E-state index in [1.165, 1.54) is 0 Å². The van der Waals surface area contributed by atoms with Gasteiger partial charge in [0.2, 0.25) is 11.8 Å². The Hall–Kier alpha value is -2.89. The summed E-state index contributed by atoms with van der Waals surface area (Å²) < 4.78 is 7.06. The Bertz CT molecular complexity index is 883. The Balaban J connectivity index is 1.68. The molecular weight excluding hydrogens is 292 g/mol. The number of carbonyl (C=O) groups is 1. The van der Waals surface area contributed by atoms with Crippen LogP contribution < -0.4 is 10.1 Å². The molecule has 0 spiro atoms. The van der Waals surface area contributed by atoms with E-state index in [2.05, 4.69) is 15.4 Å². The number of methoxy groups -OCH3 is 1. The summed E-state index contributed by atoms with van der Waals surface area (Å²) in [5.41, 5.74) is 2.81. The van der Waals surface area contributed by atoms with Gasteiger partial charge in [-0.25, -0.2) is 9.50 Å². The van der Waals surface area contributed by atoms with Crippen molar-refractivity contribution in [2.45, 2.75) is 12.8 Å². The van der Waals surface area contributed by atoms with E-state index in [0.717, 1.165) is 29.5 Å². The van der Waals surface area contributed by atoms with Crippen molar-refractivity contribution in [2.75, 3.05) is 12.4 Å². The van der Waals surface area contributed by atoms with Crippen LogP contribution in [0.1, 0.15) is 12.8 Å². The molecule has 3 heterocycles. The molecule has 1 N–H and O–H groups in total. The Kier molecular flexibility index (Phi) is 3.22. The average molecular weight is 308 g/mol. The molecule has 6 heteroatoms. The van der Waals surface area contributed by atoms with Gasteiger partial charge in [-0.1, -0.05) is 0 Å². The molecule has 3 aromatic heterocycles. The molecule has 116 valence electrons. The minimum Gasteiger partial charge on any atom is -0.481 e. The standard InChI is InChI=1S/C17H16N4O2/c1-23-17-14(3-2-7-18-17)12-6-8-21-13(9-12)10-15(20-21)19-16(22)11-4-5-11/h2-3,6-11H,4-5H2,1H3,(H,19,20,22). The molecule has 4 rings (SSSR count). The number of amides is 1. The number of hydrogen-bond donors (Lipinski definition) is 1. The monoisotopic (exact) mass is 308 g/mol. The summed E-state index contributed by atoms with van der Waals surface area (Å²) in [5, 5.41) is 7.25. The number of anilines is 1. The molecule has 3 aromatic rings. The first kappa shape index (κ1) is 13.8. The highest BCUT2D eigenvalue weighted by molar-refractivity contribution is 5.93. The summed E-state index contributed by atoms with van der Waals surface area (Å²) >= 11 is 0. The van der Waals surface area contributed by atoms with Crippen LogP contribution in [-0.2, 0) is 4.79 Å². The molecule has 0 aliphatic heterocycles. The summed E-state index contributed by atoms with van der Waals surface area (Å²) in [6, 6.07) is 9.65. The fraction of sp³-hybridized carbons (Fsp3) is 0.235. The van der Waals surface area contributed by atoms with Crippen molar-refractivity contribution in [3.05, 3.63) is 42.7 Å². The summed E-state index contributed by atoms with van der Waals surface area (Å²) in [5.74, 6) is 1.38. The second kappa shape index (κ2) is 5.39. The van der Waals surface area contributed by atoms with Crippen LogP contribution in [0, 0.1) is 5.92 Å². The molecular formula is C17H16N4O2. The molecule has 1 aliphatic carbocycles. The van der Waals surface area contributed by atoms with E-state index in [0.29, 0.717) is 11.7 Å². The predicted molar refractivity (Wildman–Crippen MR) is 86.3 cm³/mol. The lowest BCUT2D eigenvalue weighted by Gasteiger charge is -2.07. The lowest BCUT2D eigenvalue weighted by molar-refractivity contribution is -0.117. The van der Waals surface area contributed by atoms with Gasteiger partial charge in [0.25, 0.3) is 0 Å². The van der Waals surface area contributed by atoms with E-state index in [4.69, 9.17) is 4.74 Å². The predicted octanol–water partition coefficient (Wildman–Crippen LogP) is 2.75. The number of carbonyl (C=O) groups excluding carboxylic acids is 1. The summed E-state index contributed by atoms with van der Waals surface area (Å²) in [4.78, 5) is 16.1. The van der Waals surface area contributed by atoms with Crippen LogP contribution in [0.2, 0.25) is 0 Å². The highest BCUT2D eigenvalue weighted by Crippen LogP contribution is 2.31. The number of nitrogens with zero attached hydrogens (tertiary/aromatic N) is 3. The zero-order valence-corrected chi connectivity index (χ0v) is 12.7. The second-order valence-corrected chi connectivity index (χ2v) is 5.64. The number of ether oxygens (including phenoxy) is 1. The Labute approximate surface area is 133 Å². The molecule has 1 fully saturated rings. The first-order chi connectivity index (χ1) is 11.2. The molecule has 1 amide bonds. The van der Waals surface area contributed by atoms with E-state index >= 15 is 0 Å². The molecule has 1 saturated carbocycles. The molecule has 23 heavy (non-hydrogen) atoms. The van der Waals surface area contributed by atoms with E-state index in [1.54, 1.807) is 17.8 Å². The fourth-order valence-corrected chi connectivity index (χ4v) is 2.57. The van der Waals surface area contributed by atoms with Gasteiger partial charge in [0.05, 0.1) is 12.6 Å². The summed E-state index contributed by atoms with van der Waals surface area (Å²) in [7, 11) is 1.61. The maximum atomic E-state index is 11.8. The summed E-state index contributed by atoms with van der Waals surface area (Å²) in [6.45, 7) is 0. The fourth-order valence-electron chi connectivity index (χ4n) is 2.57. The van der Waals surface area contributed by atoms with Crippen molar-refractivity contribution >= 4 is 17.2 Å². The van der Waals surface area contributed by atoms with E-state index in [1.807, 2.05) is 36.5 Å². The lowest BCUT2D eigenvalue weighted by Crippen LogP contribution is -2.13. The van der Waals surface area contributed by atoms with Gasteiger partial charge in [-0.15, -0.1) is 0 Å². The molecule has 0 bridgehead atoms. The van der Waals surface area contributed by atoms with Gasteiger partial charge in [0.15, 0.2) is 5.82 Å². The first-order valence-electron chi connectivity index (χ1n) is 7.54. The highest BCUT2D eigenvalue weighted by atomic mass is 16.5. The van der Waals surface area contributed by atoms with Crippen LogP contribution in [0.25, 0.3) is 16.6 Å². The molecule has 0 aromatic carbocycles. The lowest BCUT2D eigenvalue weighted by atomic mass is 10.1. The number of hydrogen-bond acceptors (Lipinski definition) is 4. The van der Waals surface area contributed by atoms with Crippen molar-refractivity contribution in [1.82, 2.24) is 14.6 Å². The van der Waals surface area contributed by atoms with Gasteiger partial charge in [0.1, 0.15) is 0 Å². The molecule has 0 saturated heterocycles. The van der Waals surface area contributed by atoms with Crippen LogP contribution in [0.5, 0.6) is 5.88 Å². The number of rotatable bonds is 4. The zero-order valence-electron chi connectivity index (χ0n) is 12.7. The number of aromatic nitrogens is 3. The largest absolute Gasteiger partial charge is 0.481 e. The number of fused-ring (bicyclic) bond motifs is 1. The van der Waals surface area contributed by atoms with E-state index in [-0.39, 0.29) is 11.8 Å². The SMILES string of the molecule is COc1ncccc1-c1ccn2nc(NC(=O)C3CC3)cc2c1. The van der Waals surface area contributed by atoms with Crippen molar-refractivity contribution in [1.29, 1.82) is 0 Å². The first-order valence-corrected chi connectivity index (χ1v) is 7.54. The van der Waals surface area contributed by atoms with Crippen molar-refractivity contribution in [2.24, 2.45) is 5.92 Å². The van der Waals surface area contributed by atoms with Crippen LogP contribution in [0.4, 0.5) is 5.82 Å². The Morgan fingerprint density at radius 1 is 1.35 bits per heavy atom. The third kappa shape index (κ3) is 2.63. The smallest absolute Gasteiger partial charge is 0.228 e. The Morgan fingerprint density at radius 2 is 2.22 bits per heavy atom. The van der Waals surface area contributed by atoms with Gasteiger partial charge >= 0.3 is 0 Å². The van der Waals surface area contributed by atoms with Crippen LogP contribution in [0.15, 0.2) is 42.7 Å². The Morgan fingerprint density at radius 3 is 3.00 bits per heavy atom. The third-order valence-corrected chi connectivity index (χ3v) is 3.94. The summed E-state index contributed by atoms with van der Waals surface area (Å²) in [6.07, 6.45) is 5.52. The highest BCUT2D eigenvalue weighted by Gasteiger charge is 2.30. The maximum Gasteiger partial charge on any atom is 0.228 e. The van der Waals surface area contributed by atoms with Gasteiger partial charge in [-0.2, -0.15) is 5.10 Å². The van der Waals surface area contributed by atoms with Gasteiger partial charge in [0, 0.05) is 29.9 Å². The van der Waals surface area contributed by atoms with Crippen LogP contribution in [-0.4, -0.2) is 27.6 Å². The van der Waals surface area contributed by atoms with Gasteiger partial charge < -0.3 is 10.1 Å². The van der Waals surface area contributed by atoms with Crippen molar-refractivity contribution in [3.63, 3.8) is 0 Å². The number of pyridine rings is 2.